The van der Waals surface area contributed by atoms with Gasteiger partial charge in [0.15, 0.2) is 6.10 Å². The fourth-order valence-electron chi connectivity index (χ4n) is 1.18. The number of ether oxygens (including phenoxy) is 1. The molecule has 1 heterocycles. The normalized spacial score (nSPS) is 41.1. The second-order valence-corrected chi connectivity index (χ2v) is 4.12. The molecule has 6 N–H and O–H groups in total. The number of nitrogens with two attached hydrogens (primary N) is 1. The number of hydrogen-bond acceptors (Lipinski definition) is 7. The van der Waals surface area contributed by atoms with Gasteiger partial charge in [0, 0.05) is 0 Å². The van der Waals surface area contributed by atoms with Crippen LogP contribution in [-0.4, -0.2) is 44.3 Å². The van der Waals surface area contributed by atoms with Crippen LogP contribution >= 0.6 is 8.17 Å². The summed E-state index contributed by atoms with van der Waals surface area (Å²) in [5, 5.41) is 9.30. The van der Waals surface area contributed by atoms with Gasteiger partial charge in [0.1, 0.15) is 12.3 Å². The smallest absolute Gasteiger partial charge is 0.386 e. The van der Waals surface area contributed by atoms with Gasteiger partial charge in [-0.1, -0.05) is 0 Å². The van der Waals surface area contributed by atoms with E-state index in [4.69, 9.17) is 25.2 Å². The number of hydrogen-bond donors (Lipinski definition) is 5. The molecule has 1 aliphatic rings. The van der Waals surface area contributed by atoms with E-state index >= 15 is 0 Å². The van der Waals surface area contributed by atoms with Gasteiger partial charge in [-0.05, 0) is 6.92 Å². The molecule has 1 fully saturated rings. The lowest BCUT2D eigenvalue weighted by molar-refractivity contribution is 0.0150. The summed E-state index contributed by atoms with van der Waals surface area (Å²) in [5.41, 5.74) is 5.29. The first-order chi connectivity index (χ1) is 5.81. The van der Waals surface area contributed by atoms with Crippen LogP contribution in [0.5, 0.6) is 0 Å². The van der Waals surface area contributed by atoms with Gasteiger partial charge in [-0.25, -0.2) is 0 Å². The Morgan fingerprint density at radius 3 is 2.23 bits per heavy atom. The van der Waals surface area contributed by atoms with E-state index in [1.54, 1.807) is 0 Å². The van der Waals surface area contributed by atoms with E-state index in [1.807, 2.05) is 0 Å². The monoisotopic (exact) mass is 214 g/mol. The summed E-state index contributed by atoms with van der Waals surface area (Å²) in [4.78, 5) is 25.8. The van der Waals surface area contributed by atoms with Crippen molar-refractivity contribution in [3.8, 4) is 0 Å². The molecule has 0 aromatic heterocycles. The van der Waals surface area contributed by atoms with Crippen LogP contribution in [0.4, 0.5) is 0 Å². The topological polar surface area (TPSA) is 125 Å². The second-order valence-electron chi connectivity index (χ2n) is 2.88. The highest BCUT2D eigenvalue weighted by Crippen LogP contribution is 2.49. The maximum absolute atomic E-state index is 9.30. The quantitative estimate of drug-likeness (QED) is 0.339. The van der Waals surface area contributed by atoms with Crippen LogP contribution < -0.4 is 5.73 Å². The van der Waals surface area contributed by atoms with Gasteiger partial charge in [-0.2, -0.15) is 14.7 Å². The fourth-order valence-corrected chi connectivity index (χ4v) is 1.80. The van der Waals surface area contributed by atoms with E-state index in [1.165, 1.54) is 6.92 Å². The molecule has 1 rings (SSSR count). The van der Waals surface area contributed by atoms with Gasteiger partial charge in [-0.15, -0.1) is 4.52 Å². The SMILES string of the molecule is CC1OC(N)C(O)C1O[P+](O)(O)O. The van der Waals surface area contributed by atoms with Crippen molar-refractivity contribution in [3.05, 3.63) is 0 Å². The minimum absolute atomic E-state index is 0.601. The predicted octanol–water partition coefficient (Wildman–Crippen LogP) is -1.91. The lowest BCUT2D eigenvalue weighted by Gasteiger charge is -2.15. The highest BCUT2D eigenvalue weighted by molar-refractivity contribution is 7.53. The third kappa shape index (κ3) is 2.80. The highest BCUT2D eigenvalue weighted by atomic mass is 31.2. The lowest BCUT2D eigenvalue weighted by Crippen LogP contribution is -2.38. The zero-order chi connectivity index (χ0) is 10.2. The van der Waals surface area contributed by atoms with E-state index in [0.717, 1.165) is 0 Å². The molecule has 13 heavy (non-hydrogen) atoms. The summed E-state index contributed by atoms with van der Waals surface area (Å²) in [6.45, 7) is 1.54. The molecule has 78 valence electrons. The summed E-state index contributed by atoms with van der Waals surface area (Å²) in [6, 6.07) is 0. The van der Waals surface area contributed by atoms with Gasteiger partial charge >= 0.3 is 8.17 Å². The highest BCUT2D eigenvalue weighted by Gasteiger charge is 2.49. The predicted molar refractivity (Wildman–Crippen MR) is 43.0 cm³/mol. The molecule has 8 heteroatoms. The van der Waals surface area contributed by atoms with Crippen molar-refractivity contribution in [2.75, 3.05) is 0 Å². The first-order valence-electron chi connectivity index (χ1n) is 3.66. The molecule has 0 aromatic rings. The molecule has 0 amide bonds. The molecule has 1 saturated heterocycles. The molecule has 7 nitrogen and oxygen atoms in total. The van der Waals surface area contributed by atoms with Crippen molar-refractivity contribution in [1.29, 1.82) is 0 Å². The van der Waals surface area contributed by atoms with E-state index in [0.29, 0.717) is 0 Å². The third-order valence-corrected chi connectivity index (χ3v) is 2.30. The molecular formula is C5H13NO6P+. The Labute approximate surface area is 75.4 Å². The van der Waals surface area contributed by atoms with Crippen LogP contribution in [0, 0.1) is 0 Å². The third-order valence-electron chi connectivity index (χ3n) is 1.77. The van der Waals surface area contributed by atoms with Gasteiger partial charge in [-0.3, -0.25) is 0 Å². The van der Waals surface area contributed by atoms with Crippen LogP contribution in [-0.2, 0) is 9.26 Å². The lowest BCUT2D eigenvalue weighted by atomic mass is 10.1. The average molecular weight is 214 g/mol. The largest absolute Gasteiger partial charge is 0.567 e. The standard InChI is InChI=1S/C5H13NO6P/c1-2-4(12-13(8,9)10)3(7)5(6)11-2/h2-5,7-10H,6H2,1H3/q+1. The molecular weight excluding hydrogens is 201 g/mol. The Bertz CT molecular complexity index is 184. The Kier molecular flexibility index (Phi) is 3.21. The van der Waals surface area contributed by atoms with E-state index in [-0.39, 0.29) is 0 Å². The molecule has 0 spiro atoms. The maximum Gasteiger partial charge on any atom is 0.567 e. The summed E-state index contributed by atoms with van der Waals surface area (Å²) in [5.74, 6) is 0. The maximum atomic E-state index is 9.30. The van der Waals surface area contributed by atoms with Crippen molar-refractivity contribution >= 4 is 8.17 Å². The van der Waals surface area contributed by atoms with Crippen molar-refractivity contribution < 1.29 is 29.0 Å². The minimum Gasteiger partial charge on any atom is -0.386 e. The van der Waals surface area contributed by atoms with Crippen LogP contribution in [0.15, 0.2) is 0 Å². The zero-order valence-electron chi connectivity index (χ0n) is 6.94. The van der Waals surface area contributed by atoms with E-state index in [2.05, 4.69) is 4.52 Å². The molecule has 4 atom stereocenters. The van der Waals surface area contributed by atoms with Crippen molar-refractivity contribution in [2.45, 2.75) is 31.5 Å². The van der Waals surface area contributed by atoms with Crippen molar-refractivity contribution in [2.24, 2.45) is 5.73 Å². The number of aliphatic hydroxyl groups is 1. The second kappa shape index (κ2) is 3.72. The summed E-state index contributed by atoms with van der Waals surface area (Å²) >= 11 is 0. The van der Waals surface area contributed by atoms with Crippen LogP contribution in [0.1, 0.15) is 6.92 Å². The van der Waals surface area contributed by atoms with Crippen LogP contribution in [0.25, 0.3) is 0 Å². The zero-order valence-corrected chi connectivity index (χ0v) is 7.83. The van der Waals surface area contributed by atoms with Gasteiger partial charge < -0.3 is 15.6 Å². The molecule has 1 aliphatic heterocycles. The molecule has 0 saturated carbocycles. The van der Waals surface area contributed by atoms with Crippen molar-refractivity contribution in [1.82, 2.24) is 0 Å². The average Bonchev–Trinajstić information content (AvgIpc) is 2.14. The molecule has 0 radical (unpaired) electrons. The number of rotatable bonds is 2. The Balaban J connectivity index is 2.59. The summed E-state index contributed by atoms with van der Waals surface area (Å²) < 4.78 is 9.34. The van der Waals surface area contributed by atoms with E-state index < -0.39 is 32.7 Å². The Morgan fingerprint density at radius 2 is 1.92 bits per heavy atom. The van der Waals surface area contributed by atoms with Crippen LogP contribution in [0.2, 0.25) is 0 Å². The Hall–Kier alpha value is 0.150. The van der Waals surface area contributed by atoms with Crippen molar-refractivity contribution in [3.63, 3.8) is 0 Å². The van der Waals surface area contributed by atoms with Gasteiger partial charge in [0.2, 0.25) is 0 Å². The Morgan fingerprint density at radius 1 is 1.38 bits per heavy atom. The molecule has 0 bridgehead atoms. The summed E-state index contributed by atoms with van der Waals surface area (Å²) in [7, 11) is -4.36. The first kappa shape index (κ1) is 11.2. The van der Waals surface area contributed by atoms with Gasteiger partial charge in [0.25, 0.3) is 0 Å². The van der Waals surface area contributed by atoms with Gasteiger partial charge in [0.05, 0.1) is 6.10 Å². The minimum atomic E-state index is -4.36. The summed E-state index contributed by atoms with van der Waals surface area (Å²) in [6.07, 6.45) is -3.74. The molecule has 4 unspecified atom stereocenters. The first-order valence-corrected chi connectivity index (χ1v) is 5.22. The number of aliphatic hydroxyl groups excluding tert-OH is 1. The molecule has 0 aliphatic carbocycles. The van der Waals surface area contributed by atoms with E-state index in [9.17, 15) is 5.11 Å². The fraction of sp³-hybridized carbons (Fsp3) is 1.00. The van der Waals surface area contributed by atoms with Crippen LogP contribution in [0.3, 0.4) is 0 Å². The molecule has 0 aromatic carbocycles.